The zero-order chi connectivity index (χ0) is 11.5. The first-order valence-electron chi connectivity index (χ1n) is 4.71. The summed E-state index contributed by atoms with van der Waals surface area (Å²) in [5, 5.41) is 22.7. The number of aromatic hydroxyl groups is 2. The van der Waals surface area contributed by atoms with Gasteiger partial charge in [-0.3, -0.25) is 0 Å². The smallest absolute Gasteiger partial charge is 0.166 e. The average Bonchev–Trinajstić information content (AvgIpc) is 2.10. The second kappa shape index (κ2) is 4.21. The van der Waals surface area contributed by atoms with Crippen LogP contribution in [0.15, 0.2) is 23.3 Å². The van der Waals surface area contributed by atoms with E-state index in [1.54, 1.807) is 12.1 Å². The molecule has 0 saturated heterocycles. The first kappa shape index (κ1) is 11.4. The summed E-state index contributed by atoms with van der Waals surface area (Å²) in [5.41, 5.74) is 3.25. The predicted octanol–water partition coefficient (Wildman–Crippen LogP) is 1.82. The second-order valence-corrected chi connectivity index (χ2v) is 4.33. The lowest BCUT2D eigenvalue weighted by molar-refractivity contribution is 0.403. The van der Waals surface area contributed by atoms with Crippen molar-refractivity contribution >= 4 is 6.21 Å². The Morgan fingerprint density at radius 1 is 1.27 bits per heavy atom. The molecule has 4 nitrogen and oxygen atoms in total. The quantitative estimate of drug-likeness (QED) is 0.394. The van der Waals surface area contributed by atoms with Crippen LogP contribution in [0.3, 0.4) is 0 Å². The van der Waals surface area contributed by atoms with Crippen LogP contribution < -0.4 is 5.43 Å². The maximum absolute atomic E-state index is 9.46. The third-order valence-corrected chi connectivity index (χ3v) is 1.65. The molecule has 3 N–H and O–H groups in total. The van der Waals surface area contributed by atoms with Crippen molar-refractivity contribution < 1.29 is 10.2 Å². The molecule has 1 aromatic carbocycles. The minimum Gasteiger partial charge on any atom is -0.504 e. The molecule has 82 valence electrons. The van der Waals surface area contributed by atoms with Crippen LogP contribution in [0.5, 0.6) is 11.5 Å². The number of phenolic OH excluding ortho intramolecular Hbond substituents is 2. The fourth-order valence-electron chi connectivity index (χ4n) is 0.948. The molecule has 4 heteroatoms. The van der Waals surface area contributed by atoms with Crippen molar-refractivity contribution in [2.24, 2.45) is 5.10 Å². The highest BCUT2D eigenvalue weighted by molar-refractivity contribution is 5.84. The zero-order valence-electron chi connectivity index (χ0n) is 9.15. The number of nitrogens with zero attached hydrogens (tertiary/aromatic N) is 1. The van der Waals surface area contributed by atoms with Crippen LogP contribution in [0, 0.1) is 0 Å². The largest absolute Gasteiger partial charge is 0.504 e. The topological polar surface area (TPSA) is 64.9 Å². The maximum Gasteiger partial charge on any atom is 0.166 e. The number of benzene rings is 1. The van der Waals surface area contributed by atoms with E-state index in [4.69, 9.17) is 0 Å². The molecule has 0 aliphatic carbocycles. The zero-order valence-corrected chi connectivity index (χ0v) is 9.15. The first-order valence-corrected chi connectivity index (χ1v) is 4.71. The van der Waals surface area contributed by atoms with E-state index in [0.29, 0.717) is 5.56 Å². The molecule has 0 spiro atoms. The molecule has 0 aliphatic heterocycles. The van der Waals surface area contributed by atoms with Crippen LogP contribution in [0.2, 0.25) is 0 Å². The Kier molecular flexibility index (Phi) is 3.19. The summed E-state index contributed by atoms with van der Waals surface area (Å²) in [6.07, 6.45) is 1.47. The van der Waals surface area contributed by atoms with Crippen LogP contribution in [-0.4, -0.2) is 22.0 Å². The Labute approximate surface area is 89.3 Å². The molecule has 0 unspecified atom stereocenters. The van der Waals surface area contributed by atoms with Gasteiger partial charge >= 0.3 is 0 Å². The SMILES string of the molecule is CC(C)(C)N/N=C\c1cccc(O)c1O. The fraction of sp³-hybridized carbons (Fsp3) is 0.364. The van der Waals surface area contributed by atoms with Crippen molar-refractivity contribution in [3.8, 4) is 11.5 Å². The van der Waals surface area contributed by atoms with Crippen molar-refractivity contribution in [3.63, 3.8) is 0 Å². The number of hydrazone groups is 1. The normalized spacial score (nSPS) is 11.9. The monoisotopic (exact) mass is 208 g/mol. The number of nitrogens with one attached hydrogen (secondary N) is 1. The first-order chi connectivity index (χ1) is 6.90. The van der Waals surface area contributed by atoms with E-state index < -0.39 is 0 Å². The van der Waals surface area contributed by atoms with Gasteiger partial charge in [-0.05, 0) is 32.9 Å². The van der Waals surface area contributed by atoms with Gasteiger partial charge in [0.2, 0.25) is 0 Å². The molecular formula is C11H16N2O2. The van der Waals surface area contributed by atoms with Crippen LogP contribution in [0.25, 0.3) is 0 Å². The van der Waals surface area contributed by atoms with E-state index in [1.165, 1.54) is 12.3 Å². The molecule has 0 heterocycles. The third-order valence-electron chi connectivity index (χ3n) is 1.65. The van der Waals surface area contributed by atoms with Crippen LogP contribution >= 0.6 is 0 Å². The van der Waals surface area contributed by atoms with Crippen LogP contribution in [0.1, 0.15) is 26.3 Å². The fourth-order valence-corrected chi connectivity index (χ4v) is 0.948. The highest BCUT2D eigenvalue weighted by Crippen LogP contribution is 2.26. The van der Waals surface area contributed by atoms with Crippen molar-refractivity contribution in [2.75, 3.05) is 0 Å². The Morgan fingerprint density at radius 2 is 1.93 bits per heavy atom. The molecule has 0 aliphatic rings. The van der Waals surface area contributed by atoms with Gasteiger partial charge in [0.05, 0.1) is 6.21 Å². The van der Waals surface area contributed by atoms with E-state index in [9.17, 15) is 10.2 Å². The van der Waals surface area contributed by atoms with Gasteiger partial charge in [0.25, 0.3) is 0 Å². The van der Waals surface area contributed by atoms with Crippen LogP contribution in [-0.2, 0) is 0 Å². The van der Waals surface area contributed by atoms with Crippen molar-refractivity contribution in [1.29, 1.82) is 0 Å². The molecule has 0 fully saturated rings. The van der Waals surface area contributed by atoms with Crippen molar-refractivity contribution in [3.05, 3.63) is 23.8 Å². The van der Waals surface area contributed by atoms with E-state index in [0.717, 1.165) is 0 Å². The van der Waals surface area contributed by atoms with Crippen molar-refractivity contribution in [1.82, 2.24) is 5.43 Å². The second-order valence-electron chi connectivity index (χ2n) is 4.33. The van der Waals surface area contributed by atoms with Gasteiger partial charge in [-0.25, -0.2) is 0 Å². The molecular weight excluding hydrogens is 192 g/mol. The number of phenols is 2. The number of para-hydroxylation sites is 1. The highest BCUT2D eigenvalue weighted by Gasteiger charge is 2.07. The van der Waals surface area contributed by atoms with Crippen LogP contribution in [0.4, 0.5) is 0 Å². The molecule has 0 aromatic heterocycles. The number of hydrogen-bond donors (Lipinski definition) is 3. The van der Waals surface area contributed by atoms with E-state index >= 15 is 0 Å². The Bertz CT molecular complexity index is 367. The van der Waals surface area contributed by atoms with Gasteiger partial charge in [0.1, 0.15) is 0 Å². The minimum atomic E-state index is -0.156. The highest BCUT2D eigenvalue weighted by atomic mass is 16.3. The average molecular weight is 208 g/mol. The Hall–Kier alpha value is -1.71. The lowest BCUT2D eigenvalue weighted by atomic mass is 10.1. The molecule has 0 saturated carbocycles. The molecule has 0 atom stereocenters. The standard InChI is InChI=1S/C11H16N2O2/c1-11(2,3)13-12-7-8-5-4-6-9(14)10(8)15/h4-7,13-15H,1-3H3/b12-7-. The van der Waals surface area contributed by atoms with Gasteiger partial charge in [-0.2, -0.15) is 5.10 Å². The molecule has 0 amide bonds. The lowest BCUT2D eigenvalue weighted by Gasteiger charge is -2.17. The number of hydrogen-bond acceptors (Lipinski definition) is 4. The third kappa shape index (κ3) is 3.50. The van der Waals surface area contributed by atoms with Gasteiger partial charge in [0.15, 0.2) is 11.5 Å². The lowest BCUT2D eigenvalue weighted by Crippen LogP contribution is -2.31. The van der Waals surface area contributed by atoms with Gasteiger partial charge in [-0.15, -0.1) is 0 Å². The van der Waals surface area contributed by atoms with E-state index in [-0.39, 0.29) is 17.0 Å². The van der Waals surface area contributed by atoms with Crippen molar-refractivity contribution in [2.45, 2.75) is 26.3 Å². The van der Waals surface area contributed by atoms with E-state index in [1.807, 2.05) is 20.8 Å². The summed E-state index contributed by atoms with van der Waals surface area (Å²) in [6, 6.07) is 4.74. The summed E-state index contributed by atoms with van der Waals surface area (Å²) in [5.74, 6) is -0.299. The predicted molar refractivity (Wildman–Crippen MR) is 60.3 cm³/mol. The summed E-state index contributed by atoms with van der Waals surface area (Å²) < 4.78 is 0. The van der Waals surface area contributed by atoms with Gasteiger partial charge in [-0.1, -0.05) is 6.07 Å². The summed E-state index contributed by atoms with van der Waals surface area (Å²) in [7, 11) is 0. The maximum atomic E-state index is 9.46. The molecule has 1 rings (SSSR count). The Morgan fingerprint density at radius 3 is 2.53 bits per heavy atom. The summed E-state index contributed by atoms with van der Waals surface area (Å²) in [6.45, 7) is 5.94. The Balaban J connectivity index is 2.77. The summed E-state index contributed by atoms with van der Waals surface area (Å²) in [4.78, 5) is 0. The van der Waals surface area contributed by atoms with E-state index in [2.05, 4.69) is 10.5 Å². The molecule has 1 aromatic rings. The summed E-state index contributed by atoms with van der Waals surface area (Å²) >= 11 is 0. The molecule has 0 bridgehead atoms. The number of rotatable bonds is 2. The minimum absolute atomic E-state index is 0.122. The van der Waals surface area contributed by atoms with Gasteiger partial charge in [0, 0.05) is 11.1 Å². The molecule has 0 radical (unpaired) electrons. The molecule has 15 heavy (non-hydrogen) atoms. The van der Waals surface area contributed by atoms with Gasteiger partial charge < -0.3 is 15.6 Å².